The fraction of sp³-hybridized carbons (Fsp3) is 0.704. The normalized spacial score (nSPS) is 31.7. The second kappa shape index (κ2) is 12.6. The molecule has 2 N–H and O–H groups in total. The molecule has 35 heavy (non-hydrogen) atoms. The number of ether oxygens (including phenoxy) is 1. The smallest absolute Gasteiger partial charge is 0.265 e. The number of nitrogens with one attached hydrogen (secondary N) is 1. The first-order valence-electron chi connectivity index (χ1n) is 13.4. The van der Waals surface area contributed by atoms with E-state index in [0.29, 0.717) is 30.6 Å². The highest BCUT2D eigenvalue weighted by atomic mass is 16.5. The summed E-state index contributed by atoms with van der Waals surface area (Å²) in [6, 6.07) is 0.00817. The molecule has 192 valence electrons. The van der Waals surface area contributed by atoms with Gasteiger partial charge in [-0.25, -0.2) is 0 Å². The van der Waals surface area contributed by atoms with Crippen LogP contribution in [0.15, 0.2) is 39.1 Å². The number of aliphatic hydroxyl groups is 1. The molecule has 1 saturated heterocycles. The molecule has 0 spiro atoms. The molecule has 0 bridgehead atoms. The molecule has 0 radical (unpaired) electrons. The molecule has 1 aliphatic carbocycles. The summed E-state index contributed by atoms with van der Waals surface area (Å²) >= 11 is 0. The van der Waals surface area contributed by atoms with Crippen molar-refractivity contribution in [1.29, 1.82) is 0 Å². The van der Waals surface area contributed by atoms with Gasteiger partial charge in [0.25, 0.3) is 5.91 Å². The zero-order chi connectivity index (χ0) is 24.6. The van der Waals surface area contributed by atoms with E-state index in [4.69, 9.17) is 14.7 Å². The molecule has 3 heterocycles. The number of carbonyl (C=O) groups excluding carboxylic acids is 1. The molecule has 0 aromatic rings. The van der Waals surface area contributed by atoms with Gasteiger partial charge in [0, 0.05) is 44.4 Å². The third kappa shape index (κ3) is 6.88. The molecule has 2 fully saturated rings. The standard InChI is InChI=1S/C27H41N5O3/c1-3-22(20-11-14-29-32(2)17-20)28-13-7-6-8-19-16-25(30-23-10-5-4-9-21(19)23)27(34)31-24-12-15-35-18-26(24)33/h7,13-14,17,19,21,23-24,26,33H,3-6,8-12,15-16,18H2,1-2H3,(H,31,34)/b13-7+,28-22?. The fourth-order valence-electron chi connectivity index (χ4n) is 5.81. The molecule has 3 aliphatic heterocycles. The van der Waals surface area contributed by atoms with Gasteiger partial charge in [-0.05, 0) is 62.4 Å². The van der Waals surface area contributed by atoms with Crippen LogP contribution in [0, 0.1) is 11.8 Å². The van der Waals surface area contributed by atoms with E-state index in [2.05, 4.69) is 23.4 Å². The lowest BCUT2D eigenvalue weighted by atomic mass is 9.71. The van der Waals surface area contributed by atoms with Crippen molar-refractivity contribution >= 4 is 23.5 Å². The highest BCUT2D eigenvalue weighted by molar-refractivity contribution is 6.39. The Bertz CT molecular complexity index is 893. The zero-order valence-electron chi connectivity index (χ0n) is 21.2. The molecule has 8 nitrogen and oxygen atoms in total. The Balaban J connectivity index is 1.35. The highest BCUT2D eigenvalue weighted by Crippen LogP contribution is 2.39. The Morgan fingerprint density at radius 3 is 3.00 bits per heavy atom. The lowest BCUT2D eigenvalue weighted by Gasteiger charge is -2.39. The van der Waals surface area contributed by atoms with Gasteiger partial charge >= 0.3 is 0 Å². The second-order valence-corrected chi connectivity index (χ2v) is 10.2. The van der Waals surface area contributed by atoms with Gasteiger partial charge in [-0.1, -0.05) is 25.8 Å². The highest BCUT2D eigenvalue weighted by Gasteiger charge is 2.38. The average Bonchev–Trinajstić information content (AvgIpc) is 2.87. The maximum Gasteiger partial charge on any atom is 0.265 e. The summed E-state index contributed by atoms with van der Waals surface area (Å²) in [5, 5.41) is 19.3. The lowest BCUT2D eigenvalue weighted by Crippen LogP contribution is -2.51. The number of allylic oxidation sites excluding steroid dienone is 2. The van der Waals surface area contributed by atoms with Crippen LogP contribution in [0.4, 0.5) is 0 Å². The van der Waals surface area contributed by atoms with Gasteiger partial charge in [-0.15, -0.1) is 0 Å². The summed E-state index contributed by atoms with van der Waals surface area (Å²) in [5.74, 6) is 0.926. The minimum absolute atomic E-state index is 0.105. The largest absolute Gasteiger partial charge is 0.389 e. The van der Waals surface area contributed by atoms with Crippen LogP contribution in [0.25, 0.3) is 0 Å². The van der Waals surface area contributed by atoms with Crippen LogP contribution in [0.1, 0.15) is 71.1 Å². The zero-order valence-corrected chi connectivity index (χ0v) is 21.2. The van der Waals surface area contributed by atoms with Gasteiger partial charge in [0.1, 0.15) is 5.71 Å². The van der Waals surface area contributed by atoms with E-state index in [0.717, 1.165) is 44.2 Å². The predicted molar refractivity (Wildman–Crippen MR) is 140 cm³/mol. The molecule has 1 amide bonds. The van der Waals surface area contributed by atoms with Crippen molar-refractivity contribution in [1.82, 2.24) is 10.3 Å². The first kappa shape index (κ1) is 25.8. The van der Waals surface area contributed by atoms with E-state index in [-0.39, 0.29) is 24.6 Å². The monoisotopic (exact) mass is 483 g/mol. The summed E-state index contributed by atoms with van der Waals surface area (Å²) in [6.07, 6.45) is 17.2. The van der Waals surface area contributed by atoms with E-state index >= 15 is 0 Å². The van der Waals surface area contributed by atoms with Crippen LogP contribution < -0.4 is 5.32 Å². The first-order chi connectivity index (χ1) is 17.0. The molecule has 8 heteroatoms. The molecule has 4 rings (SSSR count). The Kier molecular flexibility index (Phi) is 9.26. The number of hydrogen-bond donors (Lipinski definition) is 2. The molecule has 0 aromatic heterocycles. The minimum atomic E-state index is -0.647. The van der Waals surface area contributed by atoms with Gasteiger partial charge in [-0.3, -0.25) is 19.8 Å². The fourth-order valence-corrected chi connectivity index (χ4v) is 5.81. The molecule has 0 aromatic carbocycles. The number of hydrogen-bond acceptors (Lipinski definition) is 7. The quantitative estimate of drug-likeness (QED) is 0.515. The number of fused-ring (bicyclic) bond motifs is 1. The van der Waals surface area contributed by atoms with Gasteiger partial charge in [-0.2, -0.15) is 5.10 Å². The maximum atomic E-state index is 13.0. The van der Waals surface area contributed by atoms with Gasteiger partial charge < -0.3 is 15.2 Å². The van der Waals surface area contributed by atoms with Crippen molar-refractivity contribution in [3.8, 4) is 0 Å². The number of rotatable bonds is 8. The summed E-state index contributed by atoms with van der Waals surface area (Å²) in [4.78, 5) is 22.7. The van der Waals surface area contributed by atoms with Gasteiger partial charge in [0.15, 0.2) is 0 Å². The number of carbonyl (C=O) groups is 1. The summed E-state index contributed by atoms with van der Waals surface area (Å²) in [6.45, 7) is 2.98. The SMILES string of the molecule is CCC(=N/C=C/CCC1CC(C(=O)NC2CCOCC2O)=NC2CCCCC12)C1=CN(C)N=CC1. The Morgan fingerprint density at radius 1 is 1.34 bits per heavy atom. The average molecular weight is 484 g/mol. The Morgan fingerprint density at radius 2 is 2.20 bits per heavy atom. The van der Waals surface area contributed by atoms with Gasteiger partial charge in [0.05, 0.1) is 24.8 Å². The topological polar surface area (TPSA) is 98.9 Å². The van der Waals surface area contributed by atoms with Crippen LogP contribution in [-0.4, -0.2) is 72.1 Å². The van der Waals surface area contributed by atoms with Crippen LogP contribution >= 0.6 is 0 Å². The number of aliphatic hydroxyl groups excluding tert-OH is 1. The van der Waals surface area contributed by atoms with Crippen LogP contribution in [0.5, 0.6) is 0 Å². The predicted octanol–water partition coefficient (Wildman–Crippen LogP) is 3.62. The lowest BCUT2D eigenvalue weighted by molar-refractivity contribution is -0.118. The minimum Gasteiger partial charge on any atom is -0.389 e. The molecule has 4 aliphatic rings. The van der Waals surface area contributed by atoms with Gasteiger partial charge in [0.2, 0.25) is 0 Å². The Hall–Kier alpha value is -2.32. The number of nitrogens with zero attached hydrogens (tertiary/aromatic N) is 4. The van der Waals surface area contributed by atoms with E-state index in [1.54, 1.807) is 0 Å². The number of hydrazone groups is 1. The summed E-state index contributed by atoms with van der Waals surface area (Å²) < 4.78 is 5.29. The number of aliphatic imine (C=N–C) groups is 2. The summed E-state index contributed by atoms with van der Waals surface area (Å²) in [5.41, 5.74) is 2.99. The van der Waals surface area contributed by atoms with Crippen molar-refractivity contribution in [2.45, 2.75) is 89.3 Å². The van der Waals surface area contributed by atoms with E-state index in [1.165, 1.54) is 24.8 Å². The van der Waals surface area contributed by atoms with Crippen LogP contribution in [0.2, 0.25) is 0 Å². The second-order valence-electron chi connectivity index (χ2n) is 10.2. The molecule has 5 unspecified atom stereocenters. The van der Waals surface area contributed by atoms with E-state index in [9.17, 15) is 9.90 Å². The Labute approximate surface area is 209 Å². The van der Waals surface area contributed by atoms with Crippen LogP contribution in [-0.2, 0) is 9.53 Å². The molecule has 5 atom stereocenters. The molecular formula is C27H41N5O3. The maximum absolute atomic E-state index is 13.0. The van der Waals surface area contributed by atoms with Crippen molar-refractivity contribution in [3.05, 3.63) is 24.0 Å². The molecule has 1 saturated carbocycles. The third-order valence-corrected chi connectivity index (χ3v) is 7.73. The van der Waals surface area contributed by atoms with Crippen LogP contribution in [0.3, 0.4) is 0 Å². The van der Waals surface area contributed by atoms with E-state index < -0.39 is 6.10 Å². The van der Waals surface area contributed by atoms with E-state index in [1.807, 2.05) is 30.7 Å². The summed E-state index contributed by atoms with van der Waals surface area (Å²) in [7, 11) is 1.94. The third-order valence-electron chi connectivity index (χ3n) is 7.73. The van der Waals surface area contributed by atoms with Crippen molar-refractivity contribution in [2.75, 3.05) is 20.3 Å². The van der Waals surface area contributed by atoms with Crippen molar-refractivity contribution in [2.24, 2.45) is 26.9 Å². The molecular weight excluding hydrogens is 442 g/mol. The number of amides is 1. The van der Waals surface area contributed by atoms with Crippen molar-refractivity contribution in [3.63, 3.8) is 0 Å². The van der Waals surface area contributed by atoms with Crippen molar-refractivity contribution < 1.29 is 14.6 Å². The first-order valence-corrected chi connectivity index (χ1v) is 13.4.